The van der Waals surface area contributed by atoms with Gasteiger partial charge in [0, 0.05) is 11.9 Å². The lowest BCUT2D eigenvalue weighted by Crippen LogP contribution is -1.99. The number of aromatic nitrogens is 1. The summed E-state index contributed by atoms with van der Waals surface area (Å²) in [4.78, 5) is 8.68. The van der Waals surface area contributed by atoms with E-state index >= 15 is 0 Å². The van der Waals surface area contributed by atoms with Crippen molar-refractivity contribution >= 4 is 11.9 Å². The standard InChI is InChI=1S/C11H14N2/c1-8(2)10-6-9-4-3-5-12-11(9)7-13-10/h5-8H,3-4H2,1-2H3. The van der Waals surface area contributed by atoms with Crippen LogP contribution in [0, 0.1) is 0 Å². The summed E-state index contributed by atoms with van der Waals surface area (Å²) in [6.07, 6.45) is 6.04. The summed E-state index contributed by atoms with van der Waals surface area (Å²) in [5.41, 5.74) is 3.58. The molecule has 0 amide bonds. The molecule has 1 aromatic heterocycles. The molecule has 0 aliphatic carbocycles. The first kappa shape index (κ1) is 8.42. The zero-order chi connectivity index (χ0) is 9.26. The van der Waals surface area contributed by atoms with Crippen LogP contribution in [0.5, 0.6) is 0 Å². The fourth-order valence-electron chi connectivity index (χ4n) is 1.52. The molecule has 68 valence electrons. The van der Waals surface area contributed by atoms with Crippen LogP contribution in [0.25, 0.3) is 0 Å². The normalized spacial score (nSPS) is 14.7. The maximum Gasteiger partial charge on any atom is 0.0841 e. The van der Waals surface area contributed by atoms with Crippen LogP contribution in [-0.4, -0.2) is 11.2 Å². The number of aliphatic imine (C=N–C) groups is 1. The molecule has 0 spiro atoms. The second-order valence-corrected chi connectivity index (χ2v) is 3.74. The molecule has 0 unspecified atom stereocenters. The van der Waals surface area contributed by atoms with Crippen molar-refractivity contribution in [1.29, 1.82) is 0 Å². The zero-order valence-electron chi connectivity index (χ0n) is 8.12. The summed E-state index contributed by atoms with van der Waals surface area (Å²) in [5.74, 6) is 0.510. The quantitative estimate of drug-likeness (QED) is 0.642. The molecule has 13 heavy (non-hydrogen) atoms. The van der Waals surface area contributed by atoms with Gasteiger partial charge in [0.1, 0.15) is 0 Å². The third-order valence-corrected chi connectivity index (χ3v) is 2.35. The van der Waals surface area contributed by atoms with Gasteiger partial charge in [-0.05, 0) is 30.4 Å². The number of nitrogens with zero attached hydrogens (tertiary/aromatic N) is 2. The van der Waals surface area contributed by atoms with Gasteiger partial charge in [-0.3, -0.25) is 9.98 Å². The average Bonchev–Trinajstić information content (AvgIpc) is 2.17. The summed E-state index contributed by atoms with van der Waals surface area (Å²) >= 11 is 0. The first-order valence-electron chi connectivity index (χ1n) is 4.78. The van der Waals surface area contributed by atoms with Crippen LogP contribution < -0.4 is 0 Å². The molecule has 2 heterocycles. The minimum absolute atomic E-state index is 0.510. The van der Waals surface area contributed by atoms with Gasteiger partial charge in [-0.25, -0.2) is 0 Å². The second-order valence-electron chi connectivity index (χ2n) is 3.74. The molecule has 1 aromatic rings. The Balaban J connectivity index is 2.42. The Morgan fingerprint density at radius 3 is 3.00 bits per heavy atom. The molecule has 2 heteroatoms. The number of pyridine rings is 1. The first-order chi connectivity index (χ1) is 6.27. The van der Waals surface area contributed by atoms with Crippen molar-refractivity contribution in [1.82, 2.24) is 4.98 Å². The summed E-state index contributed by atoms with van der Waals surface area (Å²) in [6, 6.07) is 2.19. The molecule has 0 radical (unpaired) electrons. The van der Waals surface area contributed by atoms with Crippen molar-refractivity contribution in [2.75, 3.05) is 0 Å². The third kappa shape index (κ3) is 1.62. The van der Waals surface area contributed by atoms with E-state index in [1.807, 2.05) is 12.4 Å². The highest BCUT2D eigenvalue weighted by Crippen LogP contribution is 2.25. The summed E-state index contributed by atoms with van der Waals surface area (Å²) < 4.78 is 0. The monoisotopic (exact) mass is 174 g/mol. The summed E-state index contributed by atoms with van der Waals surface area (Å²) in [7, 11) is 0. The zero-order valence-corrected chi connectivity index (χ0v) is 8.12. The predicted molar refractivity (Wildman–Crippen MR) is 54.8 cm³/mol. The van der Waals surface area contributed by atoms with Gasteiger partial charge >= 0.3 is 0 Å². The molecule has 0 bridgehead atoms. The van der Waals surface area contributed by atoms with Crippen LogP contribution in [-0.2, 0) is 6.42 Å². The molecule has 2 nitrogen and oxygen atoms in total. The highest BCUT2D eigenvalue weighted by Gasteiger charge is 2.08. The van der Waals surface area contributed by atoms with E-state index < -0.39 is 0 Å². The molecule has 0 saturated carbocycles. The van der Waals surface area contributed by atoms with Gasteiger partial charge in [0.2, 0.25) is 0 Å². The average molecular weight is 174 g/mol. The molecule has 0 fully saturated rings. The Labute approximate surface area is 78.7 Å². The number of fused-ring (bicyclic) bond motifs is 1. The molecule has 0 atom stereocenters. The molecular weight excluding hydrogens is 160 g/mol. The number of aryl methyl sites for hydroxylation is 1. The van der Waals surface area contributed by atoms with E-state index in [9.17, 15) is 0 Å². The van der Waals surface area contributed by atoms with Crippen LogP contribution in [0.2, 0.25) is 0 Å². The topological polar surface area (TPSA) is 25.2 Å². The third-order valence-electron chi connectivity index (χ3n) is 2.35. The minimum atomic E-state index is 0.510. The Morgan fingerprint density at radius 2 is 2.23 bits per heavy atom. The van der Waals surface area contributed by atoms with Crippen LogP contribution in [0.1, 0.15) is 37.4 Å². The van der Waals surface area contributed by atoms with Crippen LogP contribution >= 0.6 is 0 Å². The van der Waals surface area contributed by atoms with Gasteiger partial charge in [0.15, 0.2) is 0 Å². The van der Waals surface area contributed by atoms with Crippen LogP contribution in [0.15, 0.2) is 17.3 Å². The minimum Gasteiger partial charge on any atom is -0.259 e. The predicted octanol–water partition coefficient (Wildman–Crippen LogP) is 2.85. The SMILES string of the molecule is CC(C)c1cc2c(cn1)N=CCC2. The van der Waals surface area contributed by atoms with E-state index in [1.165, 1.54) is 11.3 Å². The van der Waals surface area contributed by atoms with E-state index in [0.29, 0.717) is 5.92 Å². The Kier molecular flexibility index (Phi) is 2.13. The van der Waals surface area contributed by atoms with Gasteiger partial charge in [-0.15, -0.1) is 0 Å². The van der Waals surface area contributed by atoms with Crippen molar-refractivity contribution in [3.63, 3.8) is 0 Å². The lowest BCUT2D eigenvalue weighted by Gasteiger charge is -2.11. The fourth-order valence-corrected chi connectivity index (χ4v) is 1.52. The van der Waals surface area contributed by atoms with Crippen LogP contribution in [0.3, 0.4) is 0 Å². The molecule has 0 saturated heterocycles. The first-order valence-corrected chi connectivity index (χ1v) is 4.78. The maximum absolute atomic E-state index is 4.38. The van der Waals surface area contributed by atoms with E-state index in [4.69, 9.17) is 0 Å². The maximum atomic E-state index is 4.38. The number of hydrogen-bond donors (Lipinski definition) is 0. The largest absolute Gasteiger partial charge is 0.259 e. The molecule has 0 aromatic carbocycles. The second kappa shape index (κ2) is 3.29. The smallest absolute Gasteiger partial charge is 0.0841 e. The molecule has 1 aliphatic rings. The van der Waals surface area contributed by atoms with Crippen molar-refractivity contribution in [3.8, 4) is 0 Å². The van der Waals surface area contributed by atoms with Gasteiger partial charge in [0.25, 0.3) is 0 Å². The van der Waals surface area contributed by atoms with Crippen LogP contribution in [0.4, 0.5) is 5.69 Å². The van der Waals surface area contributed by atoms with Gasteiger partial charge in [-0.1, -0.05) is 13.8 Å². The van der Waals surface area contributed by atoms with Crippen molar-refractivity contribution in [2.24, 2.45) is 4.99 Å². The van der Waals surface area contributed by atoms with Gasteiger partial charge < -0.3 is 0 Å². The van der Waals surface area contributed by atoms with E-state index in [0.717, 1.165) is 18.5 Å². The lowest BCUT2D eigenvalue weighted by molar-refractivity contribution is 0.815. The number of rotatable bonds is 1. The molecule has 2 rings (SSSR count). The highest BCUT2D eigenvalue weighted by molar-refractivity contribution is 5.68. The molecule has 0 N–H and O–H groups in total. The van der Waals surface area contributed by atoms with Crippen molar-refractivity contribution < 1.29 is 0 Å². The Hall–Kier alpha value is -1.18. The van der Waals surface area contributed by atoms with E-state index in [-0.39, 0.29) is 0 Å². The summed E-state index contributed by atoms with van der Waals surface area (Å²) in [5, 5.41) is 0. The molecular formula is C11H14N2. The summed E-state index contributed by atoms with van der Waals surface area (Å²) in [6.45, 7) is 4.33. The highest BCUT2D eigenvalue weighted by atomic mass is 14.8. The van der Waals surface area contributed by atoms with Crippen molar-refractivity contribution in [2.45, 2.75) is 32.6 Å². The van der Waals surface area contributed by atoms with E-state index in [1.54, 1.807) is 0 Å². The van der Waals surface area contributed by atoms with Gasteiger partial charge in [0.05, 0.1) is 11.9 Å². The van der Waals surface area contributed by atoms with E-state index in [2.05, 4.69) is 29.9 Å². The Morgan fingerprint density at radius 1 is 1.38 bits per heavy atom. The number of hydrogen-bond acceptors (Lipinski definition) is 2. The lowest BCUT2D eigenvalue weighted by atomic mass is 10.0. The Bertz CT molecular complexity index is 340. The van der Waals surface area contributed by atoms with Crippen molar-refractivity contribution in [3.05, 3.63) is 23.5 Å². The molecule has 1 aliphatic heterocycles. The fraction of sp³-hybridized carbons (Fsp3) is 0.455. The van der Waals surface area contributed by atoms with Gasteiger partial charge in [-0.2, -0.15) is 0 Å².